The third-order valence-corrected chi connectivity index (χ3v) is 5.91. The van der Waals surface area contributed by atoms with Gasteiger partial charge in [-0.3, -0.25) is 9.59 Å². The van der Waals surface area contributed by atoms with Gasteiger partial charge in [0.05, 0.1) is 36.5 Å². The quantitative estimate of drug-likeness (QED) is 0.140. The third-order valence-electron chi connectivity index (χ3n) is 5.91. The Morgan fingerprint density at radius 2 is 1.28 bits per heavy atom. The van der Waals surface area contributed by atoms with Crippen LogP contribution in [-0.2, 0) is 11.2 Å². The Morgan fingerprint density at radius 1 is 0.722 bits per heavy atom. The predicted molar refractivity (Wildman–Crippen MR) is 139 cm³/mol. The van der Waals surface area contributed by atoms with Gasteiger partial charge in [0.15, 0.2) is 11.6 Å². The molecule has 0 unspecified atom stereocenters. The Hall–Kier alpha value is -3.02. The van der Waals surface area contributed by atoms with Gasteiger partial charge in [-0.05, 0) is 37.1 Å². The van der Waals surface area contributed by atoms with Crippen molar-refractivity contribution in [3.8, 4) is 5.75 Å². The SMILES string of the molecule is CCOCCc1ccc(O)c2c1C(=O)c1c(NCCNCCO)ccc(NCCNCCO)c1C2=O. The summed E-state index contributed by atoms with van der Waals surface area (Å²) < 4.78 is 5.46. The molecule has 1 aliphatic rings. The molecule has 0 atom stereocenters. The smallest absolute Gasteiger partial charge is 0.200 e. The number of fused-ring (bicyclic) bond motifs is 2. The van der Waals surface area contributed by atoms with Gasteiger partial charge in [-0.25, -0.2) is 0 Å². The van der Waals surface area contributed by atoms with Gasteiger partial charge in [0.1, 0.15) is 5.75 Å². The molecule has 0 aliphatic heterocycles. The Kier molecular flexibility index (Phi) is 10.6. The number of carbonyl (C=O) groups is 2. The summed E-state index contributed by atoms with van der Waals surface area (Å²) in [7, 11) is 0. The molecular weight excluding hydrogens is 464 g/mol. The zero-order valence-corrected chi connectivity index (χ0v) is 20.7. The fourth-order valence-corrected chi connectivity index (χ4v) is 4.26. The van der Waals surface area contributed by atoms with Crippen molar-refractivity contribution in [1.82, 2.24) is 10.6 Å². The highest BCUT2D eigenvalue weighted by atomic mass is 16.5. The van der Waals surface area contributed by atoms with Crippen LogP contribution in [0.3, 0.4) is 0 Å². The second kappa shape index (κ2) is 13.9. The molecule has 2 aromatic rings. The lowest BCUT2D eigenvalue weighted by Crippen LogP contribution is -2.29. The molecule has 0 radical (unpaired) electrons. The average molecular weight is 501 g/mol. The second-order valence-corrected chi connectivity index (χ2v) is 8.31. The molecule has 2 aromatic carbocycles. The van der Waals surface area contributed by atoms with Crippen molar-refractivity contribution >= 4 is 22.9 Å². The van der Waals surface area contributed by atoms with Crippen LogP contribution in [0.2, 0.25) is 0 Å². The molecule has 7 N–H and O–H groups in total. The minimum atomic E-state index is -0.414. The molecule has 3 rings (SSSR count). The zero-order chi connectivity index (χ0) is 25.9. The second-order valence-electron chi connectivity index (χ2n) is 8.31. The summed E-state index contributed by atoms with van der Waals surface area (Å²) in [5.41, 5.74) is 2.42. The van der Waals surface area contributed by atoms with Gasteiger partial charge in [0, 0.05) is 62.8 Å². The molecule has 0 saturated heterocycles. The van der Waals surface area contributed by atoms with Gasteiger partial charge in [0.2, 0.25) is 0 Å². The van der Waals surface area contributed by atoms with Crippen LogP contribution in [0.25, 0.3) is 0 Å². The van der Waals surface area contributed by atoms with Crippen LogP contribution in [0.4, 0.5) is 11.4 Å². The number of anilines is 2. The highest BCUT2D eigenvalue weighted by molar-refractivity contribution is 6.33. The minimum Gasteiger partial charge on any atom is -0.507 e. The van der Waals surface area contributed by atoms with Crippen LogP contribution in [0.5, 0.6) is 5.75 Å². The molecule has 10 nitrogen and oxygen atoms in total. The van der Waals surface area contributed by atoms with E-state index in [1.807, 2.05) is 6.92 Å². The Bertz CT molecular complexity index is 1060. The van der Waals surface area contributed by atoms with Crippen LogP contribution in [0.1, 0.15) is 44.3 Å². The van der Waals surface area contributed by atoms with E-state index in [1.165, 1.54) is 6.07 Å². The largest absolute Gasteiger partial charge is 0.507 e. The molecule has 0 fully saturated rings. The van der Waals surface area contributed by atoms with Crippen molar-refractivity contribution in [2.45, 2.75) is 13.3 Å². The van der Waals surface area contributed by atoms with Gasteiger partial charge in [0.25, 0.3) is 0 Å². The lowest BCUT2D eigenvalue weighted by Gasteiger charge is -2.26. The number of aliphatic hydroxyl groups is 2. The normalized spacial score (nSPS) is 12.4. The number of aromatic hydroxyl groups is 1. The van der Waals surface area contributed by atoms with E-state index in [9.17, 15) is 14.7 Å². The van der Waals surface area contributed by atoms with E-state index < -0.39 is 5.78 Å². The summed E-state index contributed by atoms with van der Waals surface area (Å²) in [5.74, 6) is -0.964. The number of benzene rings is 2. The summed E-state index contributed by atoms with van der Waals surface area (Å²) >= 11 is 0. The predicted octanol–water partition coefficient (Wildman–Crippen LogP) is 0.734. The number of ketones is 2. The van der Waals surface area contributed by atoms with Crippen LogP contribution >= 0.6 is 0 Å². The first-order chi connectivity index (χ1) is 17.5. The third kappa shape index (κ3) is 6.40. The van der Waals surface area contributed by atoms with Crippen molar-refractivity contribution < 1.29 is 29.6 Å². The first-order valence-electron chi connectivity index (χ1n) is 12.3. The maximum Gasteiger partial charge on any atom is 0.200 e. The average Bonchev–Trinajstić information content (AvgIpc) is 2.88. The van der Waals surface area contributed by atoms with Crippen molar-refractivity contribution in [3.05, 3.63) is 52.1 Å². The van der Waals surface area contributed by atoms with Crippen molar-refractivity contribution in [2.75, 3.05) is 76.3 Å². The van der Waals surface area contributed by atoms with E-state index in [1.54, 1.807) is 18.2 Å². The molecule has 0 aromatic heterocycles. The summed E-state index contributed by atoms with van der Waals surface area (Å²) in [6, 6.07) is 6.65. The summed E-state index contributed by atoms with van der Waals surface area (Å²) in [6.07, 6.45) is 0.438. The number of hydrogen-bond acceptors (Lipinski definition) is 10. The maximum absolute atomic E-state index is 13.9. The molecule has 196 valence electrons. The lowest BCUT2D eigenvalue weighted by molar-refractivity contribution is 0.0976. The molecule has 0 spiro atoms. The molecule has 0 bridgehead atoms. The molecule has 0 heterocycles. The summed E-state index contributed by atoms with van der Waals surface area (Å²) in [6.45, 7) is 5.85. The van der Waals surface area contributed by atoms with E-state index in [0.29, 0.717) is 75.8 Å². The highest BCUT2D eigenvalue weighted by Gasteiger charge is 2.37. The number of phenolic OH excluding ortho intramolecular Hbond substituents is 1. The molecular formula is C26H36N4O6. The topological polar surface area (TPSA) is 152 Å². The molecule has 0 saturated carbocycles. The van der Waals surface area contributed by atoms with Crippen molar-refractivity contribution in [1.29, 1.82) is 0 Å². The number of phenols is 1. The van der Waals surface area contributed by atoms with E-state index in [2.05, 4.69) is 21.3 Å². The Balaban J connectivity index is 2.00. The van der Waals surface area contributed by atoms with E-state index >= 15 is 0 Å². The van der Waals surface area contributed by atoms with Gasteiger partial charge in [-0.15, -0.1) is 0 Å². The molecule has 0 amide bonds. The Labute approximate surface area is 211 Å². The standard InChI is InChI=1S/C26H36N4O6/c1-2-36-16-7-17-3-6-20(33)24-21(17)25(34)22-18(29-10-8-27-12-14-31)4-5-19(23(22)26(24)35)30-11-9-28-13-15-32/h3-6,27-33H,2,7-16H2,1H3. The van der Waals surface area contributed by atoms with Crippen LogP contribution in [-0.4, -0.2) is 92.6 Å². The van der Waals surface area contributed by atoms with Gasteiger partial charge < -0.3 is 41.3 Å². The van der Waals surface area contributed by atoms with E-state index in [-0.39, 0.29) is 47.0 Å². The first kappa shape index (κ1) is 27.6. The number of carbonyl (C=O) groups excluding carboxylic acids is 2. The first-order valence-corrected chi connectivity index (χ1v) is 12.3. The van der Waals surface area contributed by atoms with E-state index in [0.717, 1.165) is 0 Å². The van der Waals surface area contributed by atoms with Crippen LogP contribution in [0.15, 0.2) is 24.3 Å². The zero-order valence-electron chi connectivity index (χ0n) is 20.7. The van der Waals surface area contributed by atoms with Crippen LogP contribution < -0.4 is 21.3 Å². The highest BCUT2D eigenvalue weighted by Crippen LogP contribution is 2.40. The fraction of sp³-hybridized carbons (Fsp3) is 0.462. The monoisotopic (exact) mass is 500 g/mol. The molecule has 36 heavy (non-hydrogen) atoms. The Morgan fingerprint density at radius 3 is 1.81 bits per heavy atom. The fourth-order valence-electron chi connectivity index (χ4n) is 4.26. The maximum atomic E-state index is 13.9. The number of nitrogens with one attached hydrogen (secondary N) is 4. The molecule has 10 heteroatoms. The summed E-state index contributed by atoms with van der Waals surface area (Å²) in [4.78, 5) is 27.7. The number of aliphatic hydroxyl groups excluding tert-OH is 2. The lowest BCUT2D eigenvalue weighted by atomic mass is 9.79. The van der Waals surface area contributed by atoms with Gasteiger partial charge in [-0.1, -0.05) is 6.07 Å². The van der Waals surface area contributed by atoms with Crippen molar-refractivity contribution in [3.63, 3.8) is 0 Å². The van der Waals surface area contributed by atoms with Gasteiger partial charge >= 0.3 is 0 Å². The van der Waals surface area contributed by atoms with Gasteiger partial charge in [-0.2, -0.15) is 0 Å². The summed E-state index contributed by atoms with van der Waals surface area (Å²) in [5, 5.41) is 41.1. The number of ether oxygens (including phenoxy) is 1. The molecule has 1 aliphatic carbocycles. The van der Waals surface area contributed by atoms with E-state index in [4.69, 9.17) is 14.9 Å². The van der Waals surface area contributed by atoms with Crippen LogP contribution in [0, 0.1) is 0 Å². The minimum absolute atomic E-state index is 0.0183. The number of hydrogen-bond donors (Lipinski definition) is 7. The number of rotatable bonds is 16. The van der Waals surface area contributed by atoms with Crippen molar-refractivity contribution in [2.24, 2.45) is 0 Å².